The van der Waals surface area contributed by atoms with Crippen molar-refractivity contribution < 1.29 is 18.7 Å². The molecule has 0 aliphatic carbocycles. The third-order valence-corrected chi connectivity index (χ3v) is 5.97. The van der Waals surface area contributed by atoms with Gasteiger partial charge in [0, 0.05) is 56.3 Å². The van der Waals surface area contributed by atoms with Crippen molar-refractivity contribution in [2.24, 2.45) is 0 Å². The van der Waals surface area contributed by atoms with Gasteiger partial charge in [-0.05, 0) is 30.7 Å². The molecule has 1 fully saturated rings. The number of benzene rings is 1. The predicted molar refractivity (Wildman–Crippen MR) is 119 cm³/mol. The van der Waals surface area contributed by atoms with E-state index in [0.29, 0.717) is 48.0 Å². The second-order valence-corrected chi connectivity index (χ2v) is 8.30. The molecular weight excluding hydrogens is 435 g/mol. The molecule has 9 heteroatoms. The Morgan fingerprint density at radius 2 is 2.12 bits per heavy atom. The van der Waals surface area contributed by atoms with Crippen LogP contribution in [0.2, 0.25) is 5.02 Å². The van der Waals surface area contributed by atoms with E-state index in [4.69, 9.17) is 21.3 Å². The summed E-state index contributed by atoms with van der Waals surface area (Å²) in [6, 6.07) is 6.37. The van der Waals surface area contributed by atoms with E-state index in [1.54, 1.807) is 24.0 Å². The molecule has 7 nitrogen and oxygen atoms in total. The number of aromatic nitrogens is 2. The minimum Gasteiger partial charge on any atom is -0.374 e. The standard InChI is InChI=1S/C23H24ClFN4O3/c1-13-8-18(23(31)26-3)19(25)11-17(13)22-20(29-5-4-15(24)9-21(29)27-22)10-16-12-28(14(2)30)6-7-32-16/h4-5,8-9,11,16H,6-7,10,12H2,1-3H3,(H,26,31)/t16-/m0/s1. The molecule has 0 radical (unpaired) electrons. The van der Waals surface area contributed by atoms with E-state index in [1.165, 1.54) is 19.2 Å². The van der Waals surface area contributed by atoms with Crippen molar-refractivity contribution in [2.45, 2.75) is 26.4 Å². The minimum atomic E-state index is -0.623. The Morgan fingerprint density at radius 1 is 1.34 bits per heavy atom. The third kappa shape index (κ3) is 4.20. The number of hydrogen-bond donors (Lipinski definition) is 1. The van der Waals surface area contributed by atoms with E-state index in [9.17, 15) is 14.0 Å². The Balaban J connectivity index is 1.81. The molecule has 1 saturated heterocycles. The molecule has 3 heterocycles. The molecule has 4 rings (SSSR count). The van der Waals surface area contributed by atoms with Gasteiger partial charge in [-0.1, -0.05) is 11.6 Å². The number of carbonyl (C=O) groups excluding carboxylic acids is 2. The zero-order valence-electron chi connectivity index (χ0n) is 18.1. The van der Waals surface area contributed by atoms with E-state index in [0.717, 1.165) is 11.3 Å². The topological polar surface area (TPSA) is 75.9 Å². The number of nitrogens with one attached hydrogen (secondary N) is 1. The van der Waals surface area contributed by atoms with Crippen molar-refractivity contribution in [3.8, 4) is 11.3 Å². The summed E-state index contributed by atoms with van der Waals surface area (Å²) in [6.45, 7) is 4.85. The van der Waals surface area contributed by atoms with Crippen LogP contribution in [0.25, 0.3) is 16.9 Å². The van der Waals surface area contributed by atoms with Crippen molar-refractivity contribution in [3.05, 3.63) is 58.1 Å². The van der Waals surface area contributed by atoms with Gasteiger partial charge in [-0.3, -0.25) is 9.59 Å². The summed E-state index contributed by atoms with van der Waals surface area (Å²) >= 11 is 6.17. The molecule has 32 heavy (non-hydrogen) atoms. The normalized spacial score (nSPS) is 16.4. The van der Waals surface area contributed by atoms with Gasteiger partial charge in [-0.2, -0.15) is 0 Å². The molecule has 1 N–H and O–H groups in total. The van der Waals surface area contributed by atoms with E-state index >= 15 is 0 Å². The van der Waals surface area contributed by atoms with Gasteiger partial charge in [0.2, 0.25) is 5.91 Å². The second-order valence-electron chi connectivity index (χ2n) is 7.87. The summed E-state index contributed by atoms with van der Waals surface area (Å²) in [5.74, 6) is -1.10. The Bertz CT molecular complexity index is 1210. The number of rotatable bonds is 4. The summed E-state index contributed by atoms with van der Waals surface area (Å²) in [6.07, 6.45) is 2.07. The van der Waals surface area contributed by atoms with Crippen LogP contribution in [0.1, 0.15) is 28.5 Å². The second kappa shape index (κ2) is 8.88. The zero-order valence-corrected chi connectivity index (χ0v) is 18.9. The number of ether oxygens (including phenoxy) is 1. The fourth-order valence-electron chi connectivity index (χ4n) is 4.07. The van der Waals surface area contributed by atoms with Crippen LogP contribution in [0.5, 0.6) is 0 Å². The van der Waals surface area contributed by atoms with Gasteiger partial charge in [-0.15, -0.1) is 0 Å². The van der Waals surface area contributed by atoms with Crippen LogP contribution < -0.4 is 5.32 Å². The Kier molecular flexibility index (Phi) is 6.17. The molecule has 0 bridgehead atoms. The molecule has 168 valence electrons. The third-order valence-electron chi connectivity index (χ3n) is 5.73. The lowest BCUT2D eigenvalue weighted by atomic mass is 9.98. The molecular formula is C23H24ClFN4O3. The first-order chi connectivity index (χ1) is 15.3. The van der Waals surface area contributed by atoms with Gasteiger partial charge < -0.3 is 19.4 Å². The maximum atomic E-state index is 14.8. The number of imidazole rings is 1. The van der Waals surface area contributed by atoms with E-state index in [2.05, 4.69) is 5.32 Å². The molecule has 1 aliphatic rings. The van der Waals surface area contributed by atoms with Crippen LogP contribution in [0.15, 0.2) is 30.5 Å². The zero-order chi connectivity index (χ0) is 23.0. The highest BCUT2D eigenvalue weighted by Crippen LogP contribution is 2.31. The Hall–Kier alpha value is -2.97. The van der Waals surface area contributed by atoms with Crippen LogP contribution in [0.3, 0.4) is 0 Å². The molecule has 2 amide bonds. The SMILES string of the molecule is CNC(=O)c1cc(C)c(-c2nc3cc(Cl)ccn3c2C[C@H]2CN(C(C)=O)CCO2)cc1F. The van der Waals surface area contributed by atoms with E-state index in [-0.39, 0.29) is 17.6 Å². The van der Waals surface area contributed by atoms with Crippen LogP contribution in [-0.2, 0) is 16.0 Å². The number of nitrogens with zero attached hydrogens (tertiary/aromatic N) is 3. The molecule has 0 saturated carbocycles. The van der Waals surface area contributed by atoms with Crippen LogP contribution in [0, 0.1) is 12.7 Å². The van der Waals surface area contributed by atoms with Crippen molar-refractivity contribution in [3.63, 3.8) is 0 Å². The molecule has 3 aromatic rings. The lowest BCUT2D eigenvalue weighted by molar-refractivity contribution is -0.136. The number of pyridine rings is 1. The predicted octanol–water partition coefficient (Wildman–Crippen LogP) is 3.25. The molecule has 0 unspecified atom stereocenters. The van der Waals surface area contributed by atoms with Crippen molar-refractivity contribution >= 4 is 29.1 Å². The number of amides is 2. The number of halogens is 2. The molecule has 1 atom stereocenters. The number of fused-ring (bicyclic) bond motifs is 1. The fraction of sp³-hybridized carbons (Fsp3) is 0.348. The summed E-state index contributed by atoms with van der Waals surface area (Å²) in [5, 5.41) is 2.99. The average Bonchev–Trinajstić information content (AvgIpc) is 3.11. The Labute approximate surface area is 190 Å². The first-order valence-electron chi connectivity index (χ1n) is 10.3. The summed E-state index contributed by atoms with van der Waals surface area (Å²) in [5.41, 5.74) is 3.32. The van der Waals surface area contributed by atoms with Crippen LogP contribution in [-0.4, -0.2) is 58.9 Å². The number of carbonyl (C=O) groups is 2. The average molecular weight is 459 g/mol. The van der Waals surface area contributed by atoms with Crippen LogP contribution in [0.4, 0.5) is 4.39 Å². The number of morpholine rings is 1. The summed E-state index contributed by atoms with van der Waals surface area (Å²) in [4.78, 5) is 30.3. The molecule has 0 spiro atoms. The van der Waals surface area contributed by atoms with Gasteiger partial charge in [0.25, 0.3) is 5.91 Å². The maximum absolute atomic E-state index is 14.8. The highest BCUT2D eigenvalue weighted by molar-refractivity contribution is 6.30. The monoisotopic (exact) mass is 458 g/mol. The van der Waals surface area contributed by atoms with Crippen molar-refractivity contribution in [1.29, 1.82) is 0 Å². The van der Waals surface area contributed by atoms with Gasteiger partial charge in [-0.25, -0.2) is 9.37 Å². The highest BCUT2D eigenvalue weighted by atomic mass is 35.5. The number of aryl methyl sites for hydroxylation is 1. The van der Waals surface area contributed by atoms with Gasteiger partial charge in [0.15, 0.2) is 0 Å². The largest absolute Gasteiger partial charge is 0.374 e. The number of hydrogen-bond acceptors (Lipinski definition) is 4. The summed E-state index contributed by atoms with van der Waals surface area (Å²) < 4.78 is 22.6. The smallest absolute Gasteiger partial charge is 0.254 e. The van der Waals surface area contributed by atoms with Gasteiger partial charge in [0.05, 0.1) is 29.7 Å². The molecule has 2 aromatic heterocycles. The lowest BCUT2D eigenvalue weighted by Gasteiger charge is -2.32. The molecule has 1 aromatic carbocycles. The Morgan fingerprint density at radius 3 is 2.84 bits per heavy atom. The van der Waals surface area contributed by atoms with Gasteiger partial charge in [0.1, 0.15) is 11.5 Å². The fourth-order valence-corrected chi connectivity index (χ4v) is 4.23. The highest BCUT2D eigenvalue weighted by Gasteiger charge is 2.26. The van der Waals surface area contributed by atoms with Crippen LogP contribution >= 0.6 is 11.6 Å². The molecule has 1 aliphatic heterocycles. The van der Waals surface area contributed by atoms with Crippen molar-refractivity contribution in [1.82, 2.24) is 19.6 Å². The van der Waals surface area contributed by atoms with E-state index in [1.807, 2.05) is 17.5 Å². The maximum Gasteiger partial charge on any atom is 0.254 e. The van der Waals surface area contributed by atoms with E-state index < -0.39 is 11.7 Å². The first-order valence-corrected chi connectivity index (χ1v) is 10.7. The van der Waals surface area contributed by atoms with Crippen molar-refractivity contribution in [2.75, 3.05) is 26.7 Å². The minimum absolute atomic E-state index is 0.00570. The lowest BCUT2D eigenvalue weighted by Crippen LogP contribution is -2.45. The first kappa shape index (κ1) is 22.2. The summed E-state index contributed by atoms with van der Waals surface area (Å²) in [7, 11) is 1.46. The van der Waals surface area contributed by atoms with Gasteiger partial charge >= 0.3 is 0 Å². The quantitative estimate of drug-likeness (QED) is 0.651.